The minimum absolute atomic E-state index is 0. The van der Waals surface area contributed by atoms with Crippen LogP contribution in [-0.2, 0) is 17.8 Å². The van der Waals surface area contributed by atoms with Crippen LogP contribution in [0.1, 0.15) is 66.3 Å². The van der Waals surface area contributed by atoms with Crippen molar-refractivity contribution in [3.63, 3.8) is 0 Å². The molecule has 0 bridgehead atoms. The Kier molecular flexibility index (Phi) is 12.9. The summed E-state index contributed by atoms with van der Waals surface area (Å²) in [6, 6.07) is 10.1. The van der Waals surface area contributed by atoms with E-state index in [4.69, 9.17) is 9.84 Å². The summed E-state index contributed by atoms with van der Waals surface area (Å²) in [4.78, 5) is 25.9. The molecule has 218 valence electrons. The fraction of sp³-hybridized carbons (Fsp3) is 0.414. The van der Waals surface area contributed by atoms with Gasteiger partial charge in [0.2, 0.25) is 0 Å². The number of hydrogen-bond donors (Lipinski definition) is 3. The number of carbonyl (C=O) groups is 2. The first-order valence-electron chi connectivity index (χ1n) is 12.9. The van der Waals surface area contributed by atoms with Crippen LogP contribution in [-0.4, -0.2) is 97.8 Å². The third-order valence-electron chi connectivity index (χ3n) is 6.52. The molecule has 2 unspecified atom stereocenters. The van der Waals surface area contributed by atoms with Crippen LogP contribution in [0.2, 0.25) is 0 Å². The summed E-state index contributed by atoms with van der Waals surface area (Å²) in [6.07, 6.45) is -2.39. The van der Waals surface area contributed by atoms with Crippen LogP contribution in [0, 0.1) is 11.6 Å². The molecule has 1 amide bonds. The maximum absolute atomic E-state index is 14.2. The Balaban J connectivity index is 0.00000588. The summed E-state index contributed by atoms with van der Waals surface area (Å²) in [5.41, 5.74) is 2.51. The fourth-order valence-electron chi connectivity index (χ4n) is 4.62. The van der Waals surface area contributed by atoms with Crippen LogP contribution >= 0.6 is 0 Å². The first kappa shape index (κ1) is 34.4. The number of aliphatic hydroxyl groups is 2. The van der Waals surface area contributed by atoms with E-state index >= 15 is 0 Å². The minimum atomic E-state index is -1.20. The number of halogens is 2. The number of aliphatic carboxylic acids is 1. The number of hydrogen-bond acceptors (Lipinski definition) is 6. The van der Waals surface area contributed by atoms with Crippen LogP contribution in [0.25, 0.3) is 5.69 Å². The van der Waals surface area contributed by atoms with Gasteiger partial charge in [-0.3, -0.25) is 9.59 Å². The summed E-state index contributed by atoms with van der Waals surface area (Å²) in [7, 11) is 2.95. The summed E-state index contributed by atoms with van der Waals surface area (Å²) in [6.45, 7) is 3.91. The van der Waals surface area contributed by atoms with E-state index in [1.165, 1.54) is 48.4 Å². The van der Waals surface area contributed by atoms with E-state index in [0.29, 0.717) is 22.5 Å². The van der Waals surface area contributed by atoms with Gasteiger partial charge in [-0.25, -0.2) is 13.5 Å². The van der Waals surface area contributed by atoms with Gasteiger partial charge in [0.1, 0.15) is 5.82 Å². The molecule has 1 aromatic heterocycles. The summed E-state index contributed by atoms with van der Waals surface area (Å²) < 4.78 is 34.4. The van der Waals surface area contributed by atoms with E-state index in [9.17, 15) is 28.6 Å². The van der Waals surface area contributed by atoms with E-state index in [1.807, 2.05) is 13.8 Å². The van der Waals surface area contributed by atoms with Crippen LogP contribution in [0.4, 0.5) is 8.78 Å². The van der Waals surface area contributed by atoms with Gasteiger partial charge >= 0.3 is 35.5 Å². The van der Waals surface area contributed by atoms with Crippen molar-refractivity contribution in [1.82, 2.24) is 14.7 Å². The molecule has 0 aliphatic heterocycles. The number of amides is 1. The fourth-order valence-corrected chi connectivity index (χ4v) is 4.62. The molecule has 2 atom stereocenters. The van der Waals surface area contributed by atoms with Gasteiger partial charge in [0.25, 0.3) is 5.91 Å². The van der Waals surface area contributed by atoms with Gasteiger partial charge in [-0.15, -0.1) is 0 Å². The first-order chi connectivity index (χ1) is 18.9. The predicted molar refractivity (Wildman–Crippen MR) is 151 cm³/mol. The Bertz CT molecular complexity index is 1330. The van der Waals surface area contributed by atoms with Crippen molar-refractivity contribution in [3.8, 4) is 11.4 Å². The molecule has 1 heterocycles. The van der Waals surface area contributed by atoms with Crippen molar-refractivity contribution in [1.29, 1.82) is 0 Å². The molecular weight excluding hydrogens is 547 g/mol. The van der Waals surface area contributed by atoms with Crippen molar-refractivity contribution >= 4 is 41.4 Å². The molecular formula is C29H36F2N3NaO6. The van der Waals surface area contributed by atoms with Crippen molar-refractivity contribution in [2.75, 3.05) is 14.2 Å². The third-order valence-corrected chi connectivity index (χ3v) is 6.52. The molecule has 0 fully saturated rings. The Morgan fingerprint density at radius 2 is 1.73 bits per heavy atom. The summed E-state index contributed by atoms with van der Waals surface area (Å²) in [5, 5.41) is 33.9. The molecule has 0 aliphatic rings. The van der Waals surface area contributed by atoms with E-state index in [0.717, 1.165) is 0 Å². The Hall–Kier alpha value is -2.83. The average Bonchev–Trinajstić information content (AvgIpc) is 3.26. The van der Waals surface area contributed by atoms with E-state index < -0.39 is 42.1 Å². The van der Waals surface area contributed by atoms with Crippen molar-refractivity contribution in [2.24, 2.45) is 0 Å². The van der Waals surface area contributed by atoms with E-state index in [-0.39, 0.29) is 72.7 Å². The Morgan fingerprint density at radius 1 is 1.07 bits per heavy atom. The molecule has 41 heavy (non-hydrogen) atoms. The number of aromatic nitrogens is 2. The second kappa shape index (κ2) is 15.4. The number of methoxy groups -OCH3 is 1. The quantitative estimate of drug-likeness (QED) is 0.264. The Labute approximate surface area is 260 Å². The van der Waals surface area contributed by atoms with Gasteiger partial charge in [0, 0.05) is 24.8 Å². The monoisotopic (exact) mass is 583 g/mol. The molecule has 0 radical (unpaired) electrons. The van der Waals surface area contributed by atoms with E-state index in [2.05, 4.69) is 5.10 Å². The van der Waals surface area contributed by atoms with Gasteiger partial charge < -0.3 is 25.0 Å². The number of aliphatic hydroxyl groups excluding tert-OH is 2. The predicted octanol–water partition coefficient (Wildman–Crippen LogP) is 3.43. The van der Waals surface area contributed by atoms with Crippen molar-refractivity contribution in [3.05, 3.63) is 76.6 Å². The molecule has 0 saturated heterocycles. The summed E-state index contributed by atoms with van der Waals surface area (Å²) in [5.74, 6) is -2.61. The number of carboxylic acid groups (broad SMARTS) is 1. The van der Waals surface area contributed by atoms with Gasteiger partial charge in [-0.2, -0.15) is 5.10 Å². The number of ether oxygens (including phenoxy) is 1. The topological polar surface area (TPSA) is 125 Å². The molecule has 12 heteroatoms. The van der Waals surface area contributed by atoms with Crippen molar-refractivity contribution in [2.45, 2.75) is 64.2 Å². The zero-order valence-electron chi connectivity index (χ0n) is 23.0. The number of carboxylic acids is 1. The third kappa shape index (κ3) is 9.08. The summed E-state index contributed by atoms with van der Waals surface area (Å²) >= 11 is 0. The molecule has 9 nitrogen and oxygen atoms in total. The van der Waals surface area contributed by atoms with Gasteiger partial charge in [-0.05, 0) is 67.1 Å². The second-order valence-corrected chi connectivity index (χ2v) is 10.1. The molecule has 0 saturated carbocycles. The van der Waals surface area contributed by atoms with Crippen LogP contribution in [0.5, 0.6) is 5.75 Å². The molecule has 3 N–H and O–H groups in total. The zero-order chi connectivity index (χ0) is 29.6. The van der Waals surface area contributed by atoms with Gasteiger partial charge in [0.05, 0.1) is 31.4 Å². The molecule has 0 spiro atoms. The van der Waals surface area contributed by atoms with E-state index in [1.54, 1.807) is 17.8 Å². The van der Waals surface area contributed by atoms with Gasteiger partial charge in [-0.1, -0.05) is 19.9 Å². The maximum atomic E-state index is 14.2. The van der Waals surface area contributed by atoms with Crippen LogP contribution < -0.4 is 4.74 Å². The molecule has 3 rings (SSSR count). The first-order valence-corrected chi connectivity index (χ1v) is 12.9. The normalized spacial score (nSPS) is 12.5. The number of benzene rings is 2. The van der Waals surface area contributed by atoms with Crippen LogP contribution in [0.3, 0.4) is 0 Å². The molecule has 2 aromatic carbocycles. The van der Waals surface area contributed by atoms with Crippen LogP contribution in [0.15, 0.2) is 42.5 Å². The van der Waals surface area contributed by atoms with Gasteiger partial charge in [0.15, 0.2) is 17.3 Å². The molecule has 0 aliphatic carbocycles. The zero-order valence-corrected chi connectivity index (χ0v) is 23.0. The average molecular weight is 584 g/mol. The molecule has 3 aromatic rings. The Morgan fingerprint density at radius 3 is 2.29 bits per heavy atom. The SMILES string of the molecule is COc1ccc(CN(C)C(=O)c2nn(-c3ccc(F)cc3)c(CCC(O)CC(O)CC(=O)O)c2C(C)C)cc1F.[NaH]. The number of carbonyl (C=O) groups excluding carboxylic acids is 1. The standard InChI is InChI=1S/C29H35F2N3O6.Na.H/c1-17(2)27-24(11-10-21(35)14-22(36)15-26(37)38)34(20-8-6-19(30)7-9-20)32-28(27)29(39)33(3)16-18-5-12-25(40-4)23(31)13-18;;/h5-9,12-13,17,21-22,35-36H,10-11,14-16H2,1-4H3,(H,37,38);;. The second-order valence-electron chi connectivity index (χ2n) is 10.1. The van der Waals surface area contributed by atoms with Crippen molar-refractivity contribution < 1.29 is 38.4 Å². The number of rotatable bonds is 13. The number of nitrogens with zero attached hydrogens (tertiary/aromatic N) is 3.